The predicted molar refractivity (Wildman–Crippen MR) is 64.3 cm³/mol. The van der Waals surface area contributed by atoms with E-state index in [0.717, 1.165) is 12.8 Å². The maximum atomic E-state index is 11.6. The van der Waals surface area contributed by atoms with Crippen LogP contribution in [0, 0.1) is 0 Å². The van der Waals surface area contributed by atoms with E-state index in [1.54, 1.807) is 25.7 Å². The average Bonchev–Trinajstić information content (AvgIpc) is 2.14. The summed E-state index contributed by atoms with van der Waals surface area (Å²) in [6.07, 6.45) is 1.91. The Hall–Kier alpha value is -0.610. The number of ether oxygens (including phenoxy) is 1. The van der Waals surface area contributed by atoms with Gasteiger partial charge in [0, 0.05) is 6.54 Å². The molecule has 0 aliphatic heterocycles. The topological polar surface area (TPSA) is 49.8 Å². The van der Waals surface area contributed by atoms with Gasteiger partial charge in [-0.05, 0) is 34.2 Å². The number of nitrogens with zero attached hydrogens (tertiary/aromatic N) is 1. The van der Waals surface area contributed by atoms with Gasteiger partial charge in [-0.2, -0.15) is 0 Å². The van der Waals surface area contributed by atoms with Crippen molar-refractivity contribution in [1.82, 2.24) is 4.90 Å². The van der Waals surface area contributed by atoms with E-state index in [9.17, 15) is 9.90 Å². The van der Waals surface area contributed by atoms with Crippen molar-refractivity contribution in [3.63, 3.8) is 0 Å². The van der Waals surface area contributed by atoms with Crippen LogP contribution in [0.1, 0.15) is 40.5 Å². The van der Waals surface area contributed by atoms with Crippen molar-refractivity contribution < 1.29 is 14.6 Å². The molecule has 0 amide bonds. The smallest absolute Gasteiger partial charge is 0.323 e. The summed E-state index contributed by atoms with van der Waals surface area (Å²) in [4.78, 5) is 13.4. The van der Waals surface area contributed by atoms with Gasteiger partial charge in [-0.25, -0.2) is 0 Å². The van der Waals surface area contributed by atoms with Gasteiger partial charge in [-0.15, -0.1) is 0 Å². The van der Waals surface area contributed by atoms with Gasteiger partial charge in [-0.1, -0.05) is 13.3 Å². The summed E-state index contributed by atoms with van der Waals surface area (Å²) in [6.45, 7) is 8.21. The average molecular weight is 231 g/mol. The van der Waals surface area contributed by atoms with Gasteiger partial charge in [0.15, 0.2) is 0 Å². The summed E-state index contributed by atoms with van der Waals surface area (Å²) >= 11 is 0. The zero-order chi connectivity index (χ0) is 12.8. The predicted octanol–water partition coefficient (Wildman–Crippen LogP) is 1.42. The van der Waals surface area contributed by atoms with E-state index in [1.165, 1.54) is 0 Å². The Morgan fingerprint density at radius 3 is 2.50 bits per heavy atom. The van der Waals surface area contributed by atoms with Crippen molar-refractivity contribution >= 4 is 5.97 Å². The molecule has 0 radical (unpaired) electrons. The third-order valence-electron chi connectivity index (χ3n) is 2.38. The zero-order valence-electron chi connectivity index (χ0n) is 11.1. The molecule has 0 aliphatic rings. The first kappa shape index (κ1) is 15.4. The molecule has 1 unspecified atom stereocenters. The van der Waals surface area contributed by atoms with Crippen LogP contribution in [0.4, 0.5) is 0 Å². The number of carbonyl (C=O) groups is 1. The molecule has 0 spiro atoms. The molecular formula is C12H25NO3. The maximum absolute atomic E-state index is 11.6. The lowest BCUT2D eigenvalue weighted by Crippen LogP contribution is -2.44. The standard InChI is InChI=1S/C12H25NO3/c1-6-7-8-16-11(14)10(2)13(5)9-12(3,4)15/h10,15H,6-9H2,1-5H3. The number of likely N-dealkylation sites (N-methyl/N-ethyl adjacent to an activating group) is 1. The van der Waals surface area contributed by atoms with Crippen molar-refractivity contribution in [3.05, 3.63) is 0 Å². The Labute approximate surface area is 98.6 Å². The molecule has 0 heterocycles. The van der Waals surface area contributed by atoms with E-state index in [0.29, 0.717) is 13.2 Å². The normalized spacial score (nSPS) is 13.9. The molecule has 0 aromatic rings. The van der Waals surface area contributed by atoms with E-state index in [2.05, 4.69) is 6.92 Å². The van der Waals surface area contributed by atoms with Gasteiger partial charge < -0.3 is 9.84 Å². The molecule has 1 atom stereocenters. The van der Waals surface area contributed by atoms with Crippen LogP contribution >= 0.6 is 0 Å². The molecule has 0 aliphatic carbocycles. The van der Waals surface area contributed by atoms with Crippen LogP contribution in [0.25, 0.3) is 0 Å². The Balaban J connectivity index is 4.01. The Kier molecular flexibility index (Phi) is 6.60. The first-order valence-corrected chi connectivity index (χ1v) is 5.87. The highest BCUT2D eigenvalue weighted by molar-refractivity contribution is 5.75. The fraction of sp³-hybridized carbons (Fsp3) is 0.917. The number of esters is 1. The summed E-state index contributed by atoms with van der Waals surface area (Å²) in [6, 6.07) is -0.316. The third-order valence-corrected chi connectivity index (χ3v) is 2.38. The monoisotopic (exact) mass is 231 g/mol. The summed E-state index contributed by atoms with van der Waals surface area (Å²) < 4.78 is 5.12. The quantitative estimate of drug-likeness (QED) is 0.532. The zero-order valence-corrected chi connectivity index (χ0v) is 11.1. The van der Waals surface area contributed by atoms with Crippen LogP contribution < -0.4 is 0 Å². The van der Waals surface area contributed by atoms with Crippen LogP contribution in [0.3, 0.4) is 0 Å². The third kappa shape index (κ3) is 6.80. The Morgan fingerprint density at radius 2 is 2.06 bits per heavy atom. The summed E-state index contributed by atoms with van der Waals surface area (Å²) in [5, 5.41) is 9.64. The molecule has 0 saturated heterocycles. The minimum atomic E-state index is -0.799. The number of aliphatic hydroxyl groups is 1. The van der Waals surface area contributed by atoms with Gasteiger partial charge in [0.25, 0.3) is 0 Å². The molecule has 96 valence electrons. The minimum absolute atomic E-state index is 0.222. The minimum Gasteiger partial charge on any atom is -0.465 e. The molecule has 0 fully saturated rings. The number of unbranched alkanes of at least 4 members (excludes halogenated alkanes) is 1. The fourth-order valence-electron chi connectivity index (χ4n) is 1.36. The number of hydrogen-bond donors (Lipinski definition) is 1. The summed E-state index contributed by atoms with van der Waals surface area (Å²) in [5.41, 5.74) is -0.799. The molecule has 0 saturated carbocycles. The molecule has 0 aromatic carbocycles. The van der Waals surface area contributed by atoms with Crippen LogP contribution in [0.5, 0.6) is 0 Å². The molecule has 1 N–H and O–H groups in total. The lowest BCUT2D eigenvalue weighted by molar-refractivity contribution is -0.149. The molecule has 4 nitrogen and oxygen atoms in total. The van der Waals surface area contributed by atoms with Crippen LogP contribution in [-0.2, 0) is 9.53 Å². The first-order chi connectivity index (χ1) is 7.28. The molecule has 0 rings (SSSR count). The largest absolute Gasteiger partial charge is 0.465 e. The van der Waals surface area contributed by atoms with Gasteiger partial charge in [0.05, 0.1) is 12.2 Å². The maximum Gasteiger partial charge on any atom is 0.323 e. The fourth-order valence-corrected chi connectivity index (χ4v) is 1.36. The lowest BCUT2D eigenvalue weighted by atomic mass is 10.1. The summed E-state index contributed by atoms with van der Waals surface area (Å²) in [7, 11) is 1.81. The second-order valence-corrected chi connectivity index (χ2v) is 4.92. The van der Waals surface area contributed by atoms with E-state index >= 15 is 0 Å². The highest BCUT2D eigenvalue weighted by Crippen LogP contribution is 2.07. The molecular weight excluding hydrogens is 206 g/mol. The van der Waals surface area contributed by atoms with Gasteiger partial charge in [0.1, 0.15) is 6.04 Å². The van der Waals surface area contributed by atoms with Crippen LogP contribution in [0.15, 0.2) is 0 Å². The highest BCUT2D eigenvalue weighted by Gasteiger charge is 2.24. The van der Waals surface area contributed by atoms with Crippen molar-refractivity contribution in [2.24, 2.45) is 0 Å². The second-order valence-electron chi connectivity index (χ2n) is 4.92. The van der Waals surface area contributed by atoms with Gasteiger partial charge in [-0.3, -0.25) is 9.69 Å². The number of rotatable bonds is 7. The SMILES string of the molecule is CCCCOC(=O)C(C)N(C)CC(C)(C)O. The van der Waals surface area contributed by atoms with Crippen molar-refractivity contribution in [3.8, 4) is 0 Å². The van der Waals surface area contributed by atoms with Crippen LogP contribution in [-0.4, -0.2) is 47.8 Å². The molecule has 0 bridgehead atoms. The summed E-state index contributed by atoms with van der Waals surface area (Å²) in [5.74, 6) is -0.222. The van der Waals surface area contributed by atoms with E-state index in [4.69, 9.17) is 4.74 Å². The number of hydrogen-bond acceptors (Lipinski definition) is 4. The molecule has 16 heavy (non-hydrogen) atoms. The van der Waals surface area contributed by atoms with Crippen molar-refractivity contribution in [2.45, 2.75) is 52.2 Å². The van der Waals surface area contributed by atoms with Crippen LogP contribution in [0.2, 0.25) is 0 Å². The highest BCUT2D eigenvalue weighted by atomic mass is 16.5. The number of carbonyl (C=O) groups excluding carboxylic acids is 1. The lowest BCUT2D eigenvalue weighted by Gasteiger charge is -2.29. The molecule has 4 heteroatoms. The Bertz CT molecular complexity index is 211. The first-order valence-electron chi connectivity index (χ1n) is 5.87. The van der Waals surface area contributed by atoms with Gasteiger partial charge >= 0.3 is 5.97 Å². The van der Waals surface area contributed by atoms with E-state index in [-0.39, 0.29) is 12.0 Å². The molecule has 0 aromatic heterocycles. The van der Waals surface area contributed by atoms with Crippen molar-refractivity contribution in [2.75, 3.05) is 20.2 Å². The second kappa shape index (κ2) is 6.86. The van der Waals surface area contributed by atoms with E-state index < -0.39 is 5.60 Å². The Morgan fingerprint density at radius 1 is 1.50 bits per heavy atom. The van der Waals surface area contributed by atoms with Crippen molar-refractivity contribution in [1.29, 1.82) is 0 Å². The van der Waals surface area contributed by atoms with Gasteiger partial charge in [0.2, 0.25) is 0 Å². The van der Waals surface area contributed by atoms with E-state index in [1.807, 2.05) is 7.05 Å².